The molecule has 3 rings (SSSR count). The van der Waals surface area contributed by atoms with E-state index in [2.05, 4.69) is 22.5 Å². The molecule has 27 heavy (non-hydrogen) atoms. The van der Waals surface area contributed by atoms with Crippen molar-refractivity contribution in [3.8, 4) is 11.5 Å². The summed E-state index contributed by atoms with van der Waals surface area (Å²) in [6.45, 7) is 6.43. The second-order valence-corrected chi connectivity index (χ2v) is 7.06. The van der Waals surface area contributed by atoms with E-state index in [1.54, 1.807) is 0 Å². The van der Waals surface area contributed by atoms with Gasteiger partial charge in [-0.15, -0.1) is 0 Å². The first-order valence-electron chi connectivity index (χ1n) is 9.83. The Kier molecular flexibility index (Phi) is 7.11. The van der Waals surface area contributed by atoms with Crippen molar-refractivity contribution < 1.29 is 9.53 Å². The monoisotopic (exact) mass is 367 g/mol. The lowest BCUT2D eigenvalue weighted by Gasteiger charge is -2.31. The van der Waals surface area contributed by atoms with Crippen molar-refractivity contribution in [1.82, 2.24) is 10.2 Å². The number of hydrogen-bond donors (Lipinski definition) is 2. The summed E-state index contributed by atoms with van der Waals surface area (Å²) in [7, 11) is 0. The normalized spacial score (nSPS) is 15.3. The highest BCUT2D eigenvalue weighted by Gasteiger charge is 2.18. The molecule has 5 nitrogen and oxygen atoms in total. The third-order valence-corrected chi connectivity index (χ3v) is 4.89. The Morgan fingerprint density at radius 2 is 1.70 bits per heavy atom. The number of nitrogens with one attached hydrogen (secondary N) is 2. The van der Waals surface area contributed by atoms with Gasteiger partial charge in [0.25, 0.3) is 0 Å². The summed E-state index contributed by atoms with van der Waals surface area (Å²) in [6, 6.07) is 16.9. The van der Waals surface area contributed by atoms with Crippen molar-refractivity contribution >= 4 is 11.7 Å². The molecule has 1 aliphatic heterocycles. The summed E-state index contributed by atoms with van der Waals surface area (Å²) in [5.74, 6) is 2.11. The number of likely N-dealkylation sites (tertiary alicyclic amines) is 1. The molecule has 0 saturated carbocycles. The van der Waals surface area contributed by atoms with Crippen LogP contribution in [0.1, 0.15) is 26.2 Å². The van der Waals surface area contributed by atoms with E-state index in [-0.39, 0.29) is 6.03 Å². The number of para-hydroxylation sites is 1. The zero-order valence-electron chi connectivity index (χ0n) is 16.0. The van der Waals surface area contributed by atoms with E-state index in [0.29, 0.717) is 5.92 Å². The lowest BCUT2D eigenvalue weighted by atomic mass is 9.97. The highest BCUT2D eigenvalue weighted by Crippen LogP contribution is 2.22. The van der Waals surface area contributed by atoms with E-state index in [1.165, 1.54) is 13.0 Å². The fraction of sp³-hybridized carbons (Fsp3) is 0.409. The fourth-order valence-electron chi connectivity index (χ4n) is 3.37. The topological polar surface area (TPSA) is 53.6 Å². The fourth-order valence-corrected chi connectivity index (χ4v) is 3.37. The Bertz CT molecular complexity index is 695. The summed E-state index contributed by atoms with van der Waals surface area (Å²) in [5.41, 5.74) is 0.755. The van der Waals surface area contributed by atoms with Gasteiger partial charge in [-0.05, 0) is 81.2 Å². The highest BCUT2D eigenvalue weighted by atomic mass is 16.5. The van der Waals surface area contributed by atoms with E-state index in [0.717, 1.165) is 49.7 Å². The number of anilines is 1. The number of rotatable bonds is 7. The molecular weight excluding hydrogens is 338 g/mol. The molecule has 0 aromatic heterocycles. The molecule has 0 bridgehead atoms. The molecule has 0 aliphatic carbocycles. The van der Waals surface area contributed by atoms with Crippen molar-refractivity contribution in [1.29, 1.82) is 0 Å². The van der Waals surface area contributed by atoms with Gasteiger partial charge in [0, 0.05) is 12.2 Å². The van der Waals surface area contributed by atoms with Crippen LogP contribution in [0.2, 0.25) is 0 Å². The smallest absolute Gasteiger partial charge is 0.319 e. The molecule has 1 fully saturated rings. The molecule has 144 valence electrons. The van der Waals surface area contributed by atoms with Crippen LogP contribution in [0.15, 0.2) is 54.6 Å². The first-order chi connectivity index (χ1) is 13.2. The largest absolute Gasteiger partial charge is 0.457 e. The quantitative estimate of drug-likeness (QED) is 0.744. The molecule has 1 heterocycles. The lowest BCUT2D eigenvalue weighted by molar-refractivity contribution is 0.182. The SMILES string of the molecule is CCCN1CCC(CNC(=O)Nc2ccc(Oc3ccccc3)cc2)CC1. The predicted molar refractivity (Wildman–Crippen MR) is 109 cm³/mol. The lowest BCUT2D eigenvalue weighted by Crippen LogP contribution is -2.39. The Morgan fingerprint density at radius 3 is 2.37 bits per heavy atom. The van der Waals surface area contributed by atoms with Gasteiger partial charge in [-0.3, -0.25) is 0 Å². The molecule has 2 N–H and O–H groups in total. The summed E-state index contributed by atoms with van der Waals surface area (Å²) in [4.78, 5) is 14.6. The Labute approximate surface area is 161 Å². The van der Waals surface area contributed by atoms with Crippen LogP contribution in [0, 0.1) is 5.92 Å². The van der Waals surface area contributed by atoms with Crippen LogP contribution in [0.5, 0.6) is 11.5 Å². The molecule has 0 spiro atoms. The minimum Gasteiger partial charge on any atom is -0.457 e. The zero-order chi connectivity index (χ0) is 18.9. The van der Waals surface area contributed by atoms with Crippen molar-refractivity contribution in [3.63, 3.8) is 0 Å². The molecule has 1 aliphatic rings. The molecule has 2 aromatic rings. The van der Waals surface area contributed by atoms with Gasteiger partial charge in [-0.2, -0.15) is 0 Å². The number of amides is 2. The van der Waals surface area contributed by atoms with Gasteiger partial charge in [-0.25, -0.2) is 4.79 Å². The number of nitrogens with zero attached hydrogens (tertiary/aromatic N) is 1. The Balaban J connectivity index is 1.39. The average Bonchev–Trinajstić information content (AvgIpc) is 2.70. The number of urea groups is 1. The maximum Gasteiger partial charge on any atom is 0.319 e. The van der Waals surface area contributed by atoms with Crippen molar-refractivity contribution in [2.75, 3.05) is 31.5 Å². The first-order valence-corrected chi connectivity index (χ1v) is 9.83. The van der Waals surface area contributed by atoms with Gasteiger partial charge in [0.05, 0.1) is 0 Å². The van der Waals surface area contributed by atoms with Crippen LogP contribution >= 0.6 is 0 Å². The molecule has 0 atom stereocenters. The van der Waals surface area contributed by atoms with Gasteiger partial charge in [0.2, 0.25) is 0 Å². The second-order valence-electron chi connectivity index (χ2n) is 7.06. The van der Waals surface area contributed by atoms with Crippen molar-refractivity contribution in [2.24, 2.45) is 5.92 Å². The molecular formula is C22H29N3O2. The number of hydrogen-bond acceptors (Lipinski definition) is 3. The van der Waals surface area contributed by atoms with Crippen LogP contribution in [-0.2, 0) is 0 Å². The number of carbonyl (C=O) groups is 1. The van der Waals surface area contributed by atoms with Crippen LogP contribution in [0.4, 0.5) is 10.5 Å². The average molecular weight is 367 g/mol. The summed E-state index contributed by atoms with van der Waals surface area (Å²) >= 11 is 0. The van der Waals surface area contributed by atoms with Crippen molar-refractivity contribution in [3.05, 3.63) is 54.6 Å². The van der Waals surface area contributed by atoms with E-state index in [1.807, 2.05) is 54.6 Å². The van der Waals surface area contributed by atoms with E-state index >= 15 is 0 Å². The van der Waals surface area contributed by atoms with Crippen LogP contribution in [-0.4, -0.2) is 37.1 Å². The zero-order valence-corrected chi connectivity index (χ0v) is 16.0. The van der Waals surface area contributed by atoms with Gasteiger partial charge < -0.3 is 20.3 Å². The maximum atomic E-state index is 12.1. The Hall–Kier alpha value is -2.53. The molecule has 0 radical (unpaired) electrons. The summed E-state index contributed by atoms with van der Waals surface area (Å²) in [6.07, 6.45) is 3.53. The number of ether oxygens (including phenoxy) is 1. The molecule has 5 heteroatoms. The molecule has 2 aromatic carbocycles. The standard InChI is InChI=1S/C22H29N3O2/c1-2-14-25-15-12-18(13-16-25)17-23-22(26)24-19-8-10-21(11-9-19)27-20-6-4-3-5-7-20/h3-11,18H,2,12-17H2,1H3,(H2,23,24,26). The minimum atomic E-state index is -0.150. The number of piperidine rings is 1. The predicted octanol–water partition coefficient (Wildman–Crippen LogP) is 4.72. The van der Waals surface area contributed by atoms with Gasteiger partial charge in [-0.1, -0.05) is 25.1 Å². The molecule has 2 amide bonds. The van der Waals surface area contributed by atoms with Crippen LogP contribution in [0.25, 0.3) is 0 Å². The number of benzene rings is 2. The van der Waals surface area contributed by atoms with Crippen LogP contribution in [0.3, 0.4) is 0 Å². The molecule has 0 unspecified atom stereocenters. The van der Waals surface area contributed by atoms with Gasteiger partial charge >= 0.3 is 6.03 Å². The van der Waals surface area contributed by atoms with E-state index in [9.17, 15) is 4.79 Å². The van der Waals surface area contributed by atoms with E-state index < -0.39 is 0 Å². The summed E-state index contributed by atoms with van der Waals surface area (Å²) < 4.78 is 5.76. The van der Waals surface area contributed by atoms with Gasteiger partial charge in [0.1, 0.15) is 11.5 Å². The van der Waals surface area contributed by atoms with Crippen molar-refractivity contribution in [2.45, 2.75) is 26.2 Å². The minimum absolute atomic E-state index is 0.150. The maximum absolute atomic E-state index is 12.1. The Morgan fingerprint density at radius 1 is 1.04 bits per heavy atom. The van der Waals surface area contributed by atoms with E-state index in [4.69, 9.17) is 4.74 Å². The van der Waals surface area contributed by atoms with Crippen LogP contribution < -0.4 is 15.4 Å². The second kappa shape index (κ2) is 9.97. The molecule has 1 saturated heterocycles. The third kappa shape index (κ3) is 6.29. The number of carbonyl (C=O) groups excluding carboxylic acids is 1. The first kappa shape index (κ1) is 19.2. The summed E-state index contributed by atoms with van der Waals surface area (Å²) in [5, 5.41) is 5.89. The highest BCUT2D eigenvalue weighted by molar-refractivity contribution is 5.89. The van der Waals surface area contributed by atoms with Gasteiger partial charge in [0.15, 0.2) is 0 Å². The third-order valence-electron chi connectivity index (χ3n) is 4.89.